The average molecular weight is 262 g/mol. The first-order valence-corrected chi connectivity index (χ1v) is 5.11. The zero-order valence-corrected chi connectivity index (χ0v) is 8.63. The number of aromatic hydroxyl groups is 1. The standard InChI is InChI=1S/C9H11IO/c1-7-6-8(4-5-10)2-3-9(7)11/h2-3,6,11H,4-5H2,1H3. The highest BCUT2D eigenvalue weighted by atomic mass is 127. The maximum Gasteiger partial charge on any atom is 0.118 e. The zero-order valence-electron chi connectivity index (χ0n) is 6.47. The third-order valence-corrected chi connectivity index (χ3v) is 2.18. The van der Waals surface area contributed by atoms with Gasteiger partial charge in [-0.3, -0.25) is 0 Å². The molecule has 1 rings (SSSR count). The maximum atomic E-state index is 9.21. The molecule has 1 N–H and O–H groups in total. The Kier molecular flexibility index (Phi) is 3.17. The van der Waals surface area contributed by atoms with Crippen molar-refractivity contribution in [1.82, 2.24) is 0 Å². The largest absolute Gasteiger partial charge is 0.508 e. The number of hydrogen-bond donors (Lipinski definition) is 1. The Balaban J connectivity index is 2.86. The third kappa shape index (κ3) is 2.36. The zero-order chi connectivity index (χ0) is 8.27. The van der Waals surface area contributed by atoms with E-state index in [0.717, 1.165) is 16.4 Å². The average Bonchev–Trinajstić information content (AvgIpc) is 1.98. The first kappa shape index (κ1) is 8.84. The molecule has 0 saturated carbocycles. The summed E-state index contributed by atoms with van der Waals surface area (Å²) in [5.41, 5.74) is 2.27. The van der Waals surface area contributed by atoms with Gasteiger partial charge >= 0.3 is 0 Å². The topological polar surface area (TPSA) is 20.2 Å². The molecular formula is C9H11IO. The van der Waals surface area contributed by atoms with E-state index in [2.05, 4.69) is 22.6 Å². The van der Waals surface area contributed by atoms with Gasteiger partial charge in [-0.25, -0.2) is 0 Å². The van der Waals surface area contributed by atoms with E-state index in [1.807, 2.05) is 19.1 Å². The quantitative estimate of drug-likeness (QED) is 0.641. The molecule has 0 bridgehead atoms. The molecule has 0 atom stereocenters. The van der Waals surface area contributed by atoms with Crippen molar-refractivity contribution in [1.29, 1.82) is 0 Å². The van der Waals surface area contributed by atoms with Crippen LogP contribution in [0.5, 0.6) is 5.75 Å². The molecule has 0 aliphatic rings. The second kappa shape index (κ2) is 3.95. The molecule has 0 amide bonds. The molecule has 0 fully saturated rings. The molecule has 0 radical (unpaired) electrons. The van der Waals surface area contributed by atoms with Gasteiger partial charge in [0.05, 0.1) is 0 Å². The molecule has 60 valence electrons. The predicted octanol–water partition coefficient (Wildman–Crippen LogP) is 2.68. The summed E-state index contributed by atoms with van der Waals surface area (Å²) in [7, 11) is 0. The van der Waals surface area contributed by atoms with Gasteiger partial charge in [0.2, 0.25) is 0 Å². The fraction of sp³-hybridized carbons (Fsp3) is 0.333. The summed E-state index contributed by atoms with van der Waals surface area (Å²) < 4.78 is 1.13. The second-order valence-corrected chi connectivity index (χ2v) is 3.64. The smallest absolute Gasteiger partial charge is 0.118 e. The summed E-state index contributed by atoms with van der Waals surface area (Å²) in [4.78, 5) is 0. The van der Waals surface area contributed by atoms with Gasteiger partial charge in [0, 0.05) is 4.43 Å². The molecule has 0 unspecified atom stereocenters. The minimum atomic E-state index is 0.391. The van der Waals surface area contributed by atoms with E-state index in [1.54, 1.807) is 6.07 Å². The van der Waals surface area contributed by atoms with Crippen molar-refractivity contribution in [3.63, 3.8) is 0 Å². The fourth-order valence-corrected chi connectivity index (χ4v) is 1.60. The molecule has 1 aromatic rings. The van der Waals surface area contributed by atoms with Crippen LogP contribution in [0.3, 0.4) is 0 Å². The number of phenolic OH excluding ortho intramolecular Hbond substituents is 1. The highest BCUT2D eigenvalue weighted by molar-refractivity contribution is 14.1. The molecule has 0 aliphatic carbocycles. The number of alkyl halides is 1. The first-order chi connectivity index (χ1) is 5.24. The van der Waals surface area contributed by atoms with Crippen LogP contribution in [-0.2, 0) is 6.42 Å². The highest BCUT2D eigenvalue weighted by Crippen LogP contribution is 2.17. The van der Waals surface area contributed by atoms with Crippen molar-refractivity contribution in [3.05, 3.63) is 29.3 Å². The Morgan fingerprint density at radius 3 is 2.73 bits per heavy atom. The normalized spacial score (nSPS) is 10.0. The predicted molar refractivity (Wildman–Crippen MR) is 55.4 cm³/mol. The van der Waals surface area contributed by atoms with E-state index in [0.29, 0.717) is 5.75 Å². The summed E-state index contributed by atoms with van der Waals surface area (Å²) in [6, 6.07) is 5.77. The Bertz CT molecular complexity index is 245. The molecule has 0 saturated heterocycles. The van der Waals surface area contributed by atoms with Crippen LogP contribution in [0.1, 0.15) is 11.1 Å². The van der Waals surface area contributed by atoms with Crippen molar-refractivity contribution in [2.24, 2.45) is 0 Å². The van der Waals surface area contributed by atoms with Gasteiger partial charge in [0.15, 0.2) is 0 Å². The van der Waals surface area contributed by atoms with Crippen molar-refractivity contribution < 1.29 is 5.11 Å². The minimum Gasteiger partial charge on any atom is -0.508 e. The van der Waals surface area contributed by atoms with Crippen LogP contribution in [0, 0.1) is 6.92 Å². The van der Waals surface area contributed by atoms with Gasteiger partial charge in [-0.1, -0.05) is 34.7 Å². The van der Waals surface area contributed by atoms with Crippen molar-refractivity contribution in [2.45, 2.75) is 13.3 Å². The lowest BCUT2D eigenvalue weighted by Crippen LogP contribution is -1.86. The first-order valence-electron chi connectivity index (χ1n) is 3.58. The maximum absolute atomic E-state index is 9.21. The Hall–Kier alpha value is -0.250. The van der Waals surface area contributed by atoms with Gasteiger partial charge in [0.25, 0.3) is 0 Å². The molecular weight excluding hydrogens is 251 g/mol. The number of phenols is 1. The van der Waals surface area contributed by atoms with E-state index in [-0.39, 0.29) is 0 Å². The number of halogens is 1. The lowest BCUT2D eigenvalue weighted by molar-refractivity contribution is 0.471. The van der Waals surface area contributed by atoms with Gasteiger partial charge in [-0.2, -0.15) is 0 Å². The fourth-order valence-electron chi connectivity index (χ4n) is 0.982. The van der Waals surface area contributed by atoms with Crippen molar-refractivity contribution in [2.75, 3.05) is 4.43 Å². The number of benzene rings is 1. The van der Waals surface area contributed by atoms with E-state index >= 15 is 0 Å². The molecule has 2 heteroatoms. The Morgan fingerprint density at radius 1 is 1.45 bits per heavy atom. The Labute approximate surface area is 80.6 Å². The Morgan fingerprint density at radius 2 is 2.18 bits per heavy atom. The van der Waals surface area contributed by atoms with Gasteiger partial charge in [0.1, 0.15) is 5.75 Å². The van der Waals surface area contributed by atoms with Crippen LogP contribution >= 0.6 is 22.6 Å². The SMILES string of the molecule is Cc1cc(CCI)ccc1O. The molecule has 1 nitrogen and oxygen atoms in total. The second-order valence-electron chi connectivity index (χ2n) is 2.56. The van der Waals surface area contributed by atoms with Crippen LogP contribution in [0.4, 0.5) is 0 Å². The van der Waals surface area contributed by atoms with Crippen LogP contribution in [0.25, 0.3) is 0 Å². The van der Waals surface area contributed by atoms with Crippen molar-refractivity contribution in [3.8, 4) is 5.75 Å². The summed E-state index contributed by atoms with van der Waals surface area (Å²) in [5.74, 6) is 0.391. The van der Waals surface area contributed by atoms with Gasteiger partial charge < -0.3 is 5.11 Å². The molecule has 0 spiro atoms. The third-order valence-electron chi connectivity index (χ3n) is 1.64. The van der Waals surface area contributed by atoms with E-state index in [1.165, 1.54) is 5.56 Å². The summed E-state index contributed by atoms with van der Waals surface area (Å²) in [5, 5.41) is 9.21. The monoisotopic (exact) mass is 262 g/mol. The summed E-state index contributed by atoms with van der Waals surface area (Å²) >= 11 is 2.35. The molecule has 0 aromatic heterocycles. The number of aryl methyl sites for hydroxylation is 2. The molecule has 0 aliphatic heterocycles. The van der Waals surface area contributed by atoms with Crippen LogP contribution in [0.15, 0.2) is 18.2 Å². The number of rotatable bonds is 2. The summed E-state index contributed by atoms with van der Waals surface area (Å²) in [6.07, 6.45) is 1.08. The van der Waals surface area contributed by atoms with Gasteiger partial charge in [-0.05, 0) is 30.5 Å². The van der Waals surface area contributed by atoms with E-state index in [4.69, 9.17) is 0 Å². The van der Waals surface area contributed by atoms with Crippen LogP contribution in [-0.4, -0.2) is 9.53 Å². The molecule has 11 heavy (non-hydrogen) atoms. The number of hydrogen-bond acceptors (Lipinski definition) is 1. The minimum absolute atomic E-state index is 0.391. The van der Waals surface area contributed by atoms with Crippen molar-refractivity contribution >= 4 is 22.6 Å². The highest BCUT2D eigenvalue weighted by Gasteiger charge is 1.96. The molecule has 1 aromatic carbocycles. The molecule has 0 heterocycles. The van der Waals surface area contributed by atoms with E-state index < -0.39 is 0 Å². The van der Waals surface area contributed by atoms with E-state index in [9.17, 15) is 5.11 Å². The van der Waals surface area contributed by atoms with Crippen LogP contribution in [0.2, 0.25) is 0 Å². The van der Waals surface area contributed by atoms with Crippen LogP contribution < -0.4 is 0 Å². The lowest BCUT2D eigenvalue weighted by Gasteiger charge is -2.01. The van der Waals surface area contributed by atoms with Gasteiger partial charge in [-0.15, -0.1) is 0 Å². The lowest BCUT2D eigenvalue weighted by atomic mass is 10.1. The summed E-state index contributed by atoms with van der Waals surface area (Å²) in [6.45, 7) is 1.92.